The molecule has 1 aromatic rings. The zero-order valence-corrected chi connectivity index (χ0v) is 10.7. The van der Waals surface area contributed by atoms with Gasteiger partial charge in [0.25, 0.3) is 0 Å². The molecule has 19 heavy (non-hydrogen) atoms. The zero-order chi connectivity index (χ0) is 14.2. The summed E-state index contributed by atoms with van der Waals surface area (Å²) in [6.07, 6.45) is -4.21. The molecule has 0 aliphatic carbocycles. The average molecular weight is 295 g/mol. The third-order valence-corrected chi connectivity index (χ3v) is 4.08. The van der Waals surface area contributed by atoms with E-state index in [2.05, 4.69) is 4.40 Å². The van der Waals surface area contributed by atoms with E-state index in [9.17, 15) is 22.0 Å². The predicted octanol–water partition coefficient (Wildman–Crippen LogP) is 4.37. The normalized spacial score (nSPS) is 23.6. The highest BCUT2D eigenvalue weighted by Gasteiger charge is 2.50. The molecule has 1 nitrogen and oxygen atoms in total. The lowest BCUT2D eigenvalue weighted by molar-refractivity contribution is -0.133. The van der Waals surface area contributed by atoms with Crippen LogP contribution in [0.4, 0.5) is 22.0 Å². The van der Waals surface area contributed by atoms with Crippen LogP contribution in [0.15, 0.2) is 22.6 Å². The van der Waals surface area contributed by atoms with Gasteiger partial charge in [-0.05, 0) is 30.5 Å². The first-order valence-corrected chi connectivity index (χ1v) is 6.44. The zero-order valence-electron chi connectivity index (χ0n) is 9.84. The Hall–Kier alpha value is -1.11. The van der Waals surface area contributed by atoms with E-state index in [1.165, 1.54) is 0 Å². The molecule has 0 radical (unpaired) electrons. The Kier molecular flexibility index (Phi) is 3.85. The average Bonchev–Trinajstić information content (AvgIpc) is 2.72. The summed E-state index contributed by atoms with van der Waals surface area (Å²) in [7, 11) is 0. The summed E-state index contributed by atoms with van der Waals surface area (Å²) in [6, 6.07) is 2.79. The molecule has 104 valence electrons. The molecule has 0 saturated carbocycles. The number of nitrogens with zero attached hydrogens (tertiary/aromatic N) is 1. The summed E-state index contributed by atoms with van der Waals surface area (Å²) in [6.45, 7) is 1.59. The molecule has 0 aromatic heterocycles. The van der Waals surface area contributed by atoms with E-state index in [-0.39, 0.29) is 17.7 Å². The van der Waals surface area contributed by atoms with E-state index in [0.29, 0.717) is 18.0 Å². The van der Waals surface area contributed by atoms with Crippen molar-refractivity contribution in [2.45, 2.75) is 24.8 Å². The van der Waals surface area contributed by atoms with Gasteiger partial charge < -0.3 is 0 Å². The quantitative estimate of drug-likeness (QED) is 0.583. The lowest BCUT2D eigenvalue weighted by atomic mass is 9.90. The minimum absolute atomic E-state index is 0.0484. The fourth-order valence-corrected chi connectivity index (χ4v) is 3.09. The van der Waals surface area contributed by atoms with Crippen LogP contribution in [0.5, 0.6) is 0 Å². The standard InChI is InChI=1S/C12H10F5NS/c1-2-7-10(18-19-11(7)12(15,16)17)8-4-3-6(13)5-9(8)14/h3-5,7,11H,2H2,1H3. The third-order valence-electron chi connectivity index (χ3n) is 2.95. The van der Waals surface area contributed by atoms with Crippen LogP contribution in [0.25, 0.3) is 0 Å². The Labute approximate surface area is 111 Å². The molecule has 1 aliphatic rings. The maximum Gasteiger partial charge on any atom is 0.403 e. The molecule has 1 aliphatic heterocycles. The van der Waals surface area contributed by atoms with Gasteiger partial charge in [-0.15, -0.1) is 0 Å². The molecular formula is C12H10F5NS. The Morgan fingerprint density at radius 3 is 2.47 bits per heavy atom. The molecular weight excluding hydrogens is 285 g/mol. The molecule has 7 heteroatoms. The second-order valence-electron chi connectivity index (χ2n) is 4.18. The van der Waals surface area contributed by atoms with Crippen molar-refractivity contribution in [3.63, 3.8) is 0 Å². The summed E-state index contributed by atoms with van der Waals surface area (Å²) in [5.41, 5.74) is -0.0141. The van der Waals surface area contributed by atoms with Crippen LogP contribution < -0.4 is 0 Å². The first-order chi connectivity index (χ1) is 8.84. The second kappa shape index (κ2) is 5.11. The first kappa shape index (κ1) is 14.3. The van der Waals surface area contributed by atoms with E-state index >= 15 is 0 Å². The van der Waals surface area contributed by atoms with Crippen molar-refractivity contribution >= 4 is 17.7 Å². The minimum Gasteiger partial charge on any atom is -0.219 e. The summed E-state index contributed by atoms with van der Waals surface area (Å²) >= 11 is 0.400. The number of hydrogen-bond acceptors (Lipinski definition) is 2. The molecule has 0 spiro atoms. The van der Waals surface area contributed by atoms with Crippen molar-refractivity contribution in [2.24, 2.45) is 10.3 Å². The van der Waals surface area contributed by atoms with E-state index in [1.54, 1.807) is 6.92 Å². The Morgan fingerprint density at radius 2 is 1.95 bits per heavy atom. The van der Waals surface area contributed by atoms with E-state index < -0.39 is 29.0 Å². The van der Waals surface area contributed by atoms with Crippen molar-refractivity contribution in [1.82, 2.24) is 0 Å². The lowest BCUT2D eigenvalue weighted by Crippen LogP contribution is -2.34. The summed E-state index contributed by atoms with van der Waals surface area (Å²) in [5.74, 6) is -2.57. The van der Waals surface area contributed by atoms with Crippen LogP contribution in [-0.2, 0) is 0 Å². The van der Waals surface area contributed by atoms with Crippen LogP contribution in [-0.4, -0.2) is 17.1 Å². The number of alkyl halides is 3. The Balaban J connectivity index is 2.36. The maximum absolute atomic E-state index is 13.6. The van der Waals surface area contributed by atoms with E-state index in [0.717, 1.165) is 12.1 Å². The van der Waals surface area contributed by atoms with Crippen molar-refractivity contribution in [1.29, 1.82) is 0 Å². The van der Waals surface area contributed by atoms with Gasteiger partial charge in [0.2, 0.25) is 0 Å². The van der Waals surface area contributed by atoms with E-state index in [1.807, 2.05) is 0 Å². The van der Waals surface area contributed by atoms with Gasteiger partial charge in [0, 0.05) is 17.5 Å². The van der Waals surface area contributed by atoms with Gasteiger partial charge in [-0.1, -0.05) is 6.92 Å². The van der Waals surface area contributed by atoms with Gasteiger partial charge in [-0.3, -0.25) is 0 Å². The molecule has 0 N–H and O–H groups in total. The SMILES string of the molecule is CCC1C(c2ccc(F)cc2F)=NSC1C(F)(F)F. The highest BCUT2D eigenvalue weighted by molar-refractivity contribution is 7.99. The Morgan fingerprint density at radius 1 is 1.26 bits per heavy atom. The number of hydrogen-bond donors (Lipinski definition) is 0. The highest BCUT2D eigenvalue weighted by Crippen LogP contribution is 2.44. The monoisotopic (exact) mass is 295 g/mol. The number of rotatable bonds is 2. The van der Waals surface area contributed by atoms with Crippen LogP contribution >= 0.6 is 11.9 Å². The molecule has 2 atom stereocenters. The highest BCUT2D eigenvalue weighted by atomic mass is 32.2. The fourth-order valence-electron chi connectivity index (χ4n) is 2.04. The van der Waals surface area contributed by atoms with Gasteiger partial charge in [-0.25, -0.2) is 13.2 Å². The topological polar surface area (TPSA) is 12.4 Å². The molecule has 0 saturated heterocycles. The van der Waals surface area contributed by atoms with Gasteiger partial charge in [0.15, 0.2) is 0 Å². The van der Waals surface area contributed by atoms with E-state index in [4.69, 9.17) is 0 Å². The maximum atomic E-state index is 13.6. The molecule has 0 fully saturated rings. The molecule has 2 rings (SSSR count). The third kappa shape index (κ3) is 2.75. The fraction of sp³-hybridized carbons (Fsp3) is 0.417. The number of benzene rings is 1. The van der Waals surface area contributed by atoms with Gasteiger partial charge in [-0.2, -0.15) is 13.2 Å². The van der Waals surface area contributed by atoms with Crippen LogP contribution in [0, 0.1) is 17.6 Å². The Bertz CT molecular complexity index is 511. The first-order valence-electron chi connectivity index (χ1n) is 5.60. The van der Waals surface area contributed by atoms with Crippen LogP contribution in [0.3, 0.4) is 0 Å². The van der Waals surface area contributed by atoms with Crippen molar-refractivity contribution < 1.29 is 22.0 Å². The van der Waals surface area contributed by atoms with Gasteiger partial charge in [0.05, 0.1) is 5.71 Å². The molecule has 0 amide bonds. The molecule has 2 unspecified atom stereocenters. The minimum atomic E-state index is -4.40. The largest absolute Gasteiger partial charge is 0.403 e. The van der Waals surface area contributed by atoms with Crippen molar-refractivity contribution in [2.75, 3.05) is 0 Å². The van der Waals surface area contributed by atoms with Crippen molar-refractivity contribution in [3.05, 3.63) is 35.4 Å². The van der Waals surface area contributed by atoms with Gasteiger partial charge >= 0.3 is 6.18 Å². The second-order valence-corrected chi connectivity index (χ2v) is 5.08. The molecule has 0 bridgehead atoms. The summed E-state index contributed by atoms with van der Waals surface area (Å²) in [4.78, 5) is 0. The molecule has 1 heterocycles. The molecule has 1 aromatic carbocycles. The summed E-state index contributed by atoms with van der Waals surface area (Å²) in [5, 5.41) is -1.67. The van der Waals surface area contributed by atoms with Crippen LogP contribution in [0.2, 0.25) is 0 Å². The summed E-state index contributed by atoms with van der Waals surface area (Å²) < 4.78 is 68.6. The number of halogens is 5. The lowest BCUT2D eigenvalue weighted by Gasteiger charge is -2.21. The van der Waals surface area contributed by atoms with Crippen molar-refractivity contribution in [3.8, 4) is 0 Å². The predicted molar refractivity (Wildman–Crippen MR) is 64.1 cm³/mol. The van der Waals surface area contributed by atoms with Gasteiger partial charge in [0.1, 0.15) is 16.9 Å². The van der Waals surface area contributed by atoms with Crippen LogP contribution in [0.1, 0.15) is 18.9 Å². The smallest absolute Gasteiger partial charge is 0.219 e.